The Balaban J connectivity index is 1.63. The first-order valence-corrected chi connectivity index (χ1v) is 16.5. The van der Waals surface area contributed by atoms with Crippen LogP contribution in [-0.4, -0.2) is 65.7 Å². The second-order valence-electron chi connectivity index (χ2n) is 13.1. The number of fused-ring (bicyclic) bond motifs is 1. The number of nitrogens with zero attached hydrogens (tertiary/aromatic N) is 4. The van der Waals surface area contributed by atoms with Gasteiger partial charge in [0.05, 0.1) is 45.4 Å². The number of hydrogen-bond acceptors (Lipinski definition) is 13. The van der Waals surface area contributed by atoms with Gasteiger partial charge in [-0.25, -0.2) is 24.0 Å². The summed E-state index contributed by atoms with van der Waals surface area (Å²) in [6.45, 7) is 13.3. The summed E-state index contributed by atoms with van der Waals surface area (Å²) in [4.78, 5) is 27.7. The van der Waals surface area contributed by atoms with Gasteiger partial charge in [-0.2, -0.15) is 4.98 Å². The third-order valence-electron chi connectivity index (χ3n) is 6.34. The fourth-order valence-electron chi connectivity index (χ4n) is 4.54. The molecule has 0 aliphatic carbocycles. The maximum atomic E-state index is 15.0. The molecule has 0 atom stereocenters. The van der Waals surface area contributed by atoms with Crippen molar-refractivity contribution < 1.29 is 41.7 Å². The van der Waals surface area contributed by atoms with E-state index in [0.29, 0.717) is 22.9 Å². The van der Waals surface area contributed by atoms with Gasteiger partial charge in [0.25, 0.3) is 5.91 Å². The van der Waals surface area contributed by atoms with E-state index in [1.54, 1.807) is 79.7 Å². The zero-order valence-electron chi connectivity index (χ0n) is 29.0. The van der Waals surface area contributed by atoms with Crippen LogP contribution >= 0.6 is 7.75 Å². The molecule has 1 aromatic carbocycles. The van der Waals surface area contributed by atoms with Crippen molar-refractivity contribution in [2.45, 2.75) is 72.2 Å². The van der Waals surface area contributed by atoms with Crippen molar-refractivity contribution >= 4 is 42.7 Å². The number of hydrogen-bond donors (Lipinski definition) is 3. The Kier molecular flexibility index (Phi) is 10.4. The number of methoxy groups -OCH3 is 3. The lowest BCUT2D eigenvalue weighted by Crippen LogP contribution is -2.55. The van der Waals surface area contributed by atoms with Crippen molar-refractivity contribution in [3.05, 3.63) is 36.3 Å². The zero-order chi connectivity index (χ0) is 35.7. The summed E-state index contributed by atoms with van der Waals surface area (Å²) in [5, 5.41) is 8.64. The highest BCUT2D eigenvalue weighted by molar-refractivity contribution is 7.51. The quantitative estimate of drug-likeness (QED) is 0.181. The van der Waals surface area contributed by atoms with Crippen LogP contribution < -0.4 is 39.6 Å². The van der Waals surface area contributed by atoms with Gasteiger partial charge in [0, 0.05) is 17.8 Å². The minimum atomic E-state index is -3.96. The molecule has 2 aromatic heterocycles. The lowest BCUT2D eigenvalue weighted by Gasteiger charge is -2.39. The average molecular weight is 692 g/mol. The molecule has 0 bridgehead atoms. The average Bonchev–Trinajstić information content (AvgIpc) is 2.96. The summed E-state index contributed by atoms with van der Waals surface area (Å²) < 4.78 is 62.5. The van der Waals surface area contributed by atoms with Crippen LogP contribution in [0.15, 0.2) is 30.5 Å². The topological polar surface area (TPSA) is 168 Å². The second kappa shape index (κ2) is 13.7. The van der Waals surface area contributed by atoms with Crippen molar-refractivity contribution in [2.24, 2.45) is 0 Å². The summed E-state index contributed by atoms with van der Waals surface area (Å²) in [6.07, 6.45) is 0.988. The maximum absolute atomic E-state index is 15.0. The van der Waals surface area contributed by atoms with Gasteiger partial charge in [-0.05, 0) is 67.5 Å². The van der Waals surface area contributed by atoms with E-state index in [1.165, 1.54) is 26.2 Å². The molecule has 1 aliphatic rings. The van der Waals surface area contributed by atoms with Crippen molar-refractivity contribution in [2.75, 3.05) is 43.5 Å². The second-order valence-corrected chi connectivity index (χ2v) is 14.8. The van der Waals surface area contributed by atoms with Crippen LogP contribution in [-0.2, 0) is 18.4 Å². The van der Waals surface area contributed by atoms with Crippen LogP contribution in [0, 0.1) is 5.82 Å². The van der Waals surface area contributed by atoms with E-state index in [1.807, 2.05) is 0 Å². The Morgan fingerprint density at radius 2 is 1.54 bits per heavy atom. The molecule has 48 heavy (non-hydrogen) atoms. The molecule has 0 saturated carbocycles. The molecule has 3 N–H and O–H groups in total. The minimum absolute atomic E-state index is 0.0469. The summed E-state index contributed by atoms with van der Waals surface area (Å²) >= 11 is 0. The highest BCUT2D eigenvalue weighted by Crippen LogP contribution is 2.51. The maximum Gasteiger partial charge on any atom is 0.407 e. The number of nitrogens with one attached hydrogen (secondary N) is 3. The van der Waals surface area contributed by atoms with Gasteiger partial charge in [-0.3, -0.25) is 18.7 Å². The molecule has 1 aliphatic heterocycles. The van der Waals surface area contributed by atoms with Crippen molar-refractivity contribution in [1.29, 1.82) is 0 Å². The number of aromatic nitrogens is 3. The van der Waals surface area contributed by atoms with Crippen LogP contribution in [0.2, 0.25) is 0 Å². The predicted octanol–water partition coefficient (Wildman–Crippen LogP) is 6.31. The lowest BCUT2D eigenvalue weighted by molar-refractivity contribution is -0.132. The molecule has 0 fully saturated rings. The van der Waals surface area contributed by atoms with E-state index in [9.17, 15) is 13.8 Å². The number of ether oxygens (including phenoxy) is 4. The molecule has 3 heterocycles. The van der Waals surface area contributed by atoms with E-state index in [2.05, 4.69) is 30.7 Å². The molecule has 17 heteroatoms. The highest BCUT2D eigenvalue weighted by Gasteiger charge is 2.44. The number of carbonyl (C=O) groups is 1. The van der Waals surface area contributed by atoms with E-state index >= 15 is 0 Å². The molecule has 0 unspecified atom stereocenters. The first kappa shape index (κ1) is 36.6. The third-order valence-corrected chi connectivity index (χ3v) is 8.45. The molecular formula is C31H43FN7O8P. The molecule has 0 saturated heterocycles. The van der Waals surface area contributed by atoms with Crippen LogP contribution in [0.1, 0.15) is 55.4 Å². The van der Waals surface area contributed by atoms with Gasteiger partial charge >= 0.3 is 7.75 Å². The SMILES string of the molecule is COc1cc(Nc2ncc(F)c(Nc3ccc4c(n3)N(CNP(=O)(OC(C)(C)C)OC(C)(C)C)C(=O)C(C)(C)O4)n2)cc(OC)c1OC. The van der Waals surface area contributed by atoms with Gasteiger partial charge < -0.3 is 29.6 Å². The van der Waals surface area contributed by atoms with Crippen molar-refractivity contribution in [3.63, 3.8) is 0 Å². The summed E-state index contributed by atoms with van der Waals surface area (Å²) in [7, 11) is 0.501. The first-order valence-electron chi connectivity index (χ1n) is 14.9. The van der Waals surface area contributed by atoms with Gasteiger partial charge in [-0.1, -0.05) is 0 Å². The van der Waals surface area contributed by atoms with Crippen LogP contribution in [0.3, 0.4) is 0 Å². The van der Waals surface area contributed by atoms with Crippen LogP contribution in [0.4, 0.5) is 33.5 Å². The monoisotopic (exact) mass is 691 g/mol. The minimum Gasteiger partial charge on any atom is -0.493 e. The molecule has 0 radical (unpaired) electrons. The Morgan fingerprint density at radius 1 is 0.938 bits per heavy atom. The normalized spacial score (nSPS) is 14.6. The number of pyridine rings is 1. The third kappa shape index (κ3) is 8.81. The van der Waals surface area contributed by atoms with Gasteiger partial charge in [0.1, 0.15) is 5.82 Å². The predicted molar refractivity (Wildman–Crippen MR) is 178 cm³/mol. The fourth-order valence-corrected chi connectivity index (χ4v) is 6.47. The van der Waals surface area contributed by atoms with Crippen molar-refractivity contribution in [1.82, 2.24) is 20.0 Å². The molecule has 3 aromatic rings. The Hall–Kier alpha value is -4.24. The van der Waals surface area contributed by atoms with Crippen LogP contribution in [0.5, 0.6) is 23.0 Å². The Labute approximate surface area is 279 Å². The molecule has 0 spiro atoms. The van der Waals surface area contributed by atoms with Crippen LogP contribution in [0.25, 0.3) is 0 Å². The number of amides is 1. The molecule has 262 valence electrons. The number of anilines is 5. The van der Waals surface area contributed by atoms with E-state index in [4.69, 9.17) is 28.0 Å². The largest absolute Gasteiger partial charge is 0.493 e. The van der Waals surface area contributed by atoms with Gasteiger partial charge in [0.15, 0.2) is 40.3 Å². The molecule has 4 rings (SSSR count). The Morgan fingerprint density at radius 3 is 2.08 bits per heavy atom. The van der Waals surface area contributed by atoms with E-state index in [-0.39, 0.29) is 35.8 Å². The number of benzene rings is 1. The lowest BCUT2D eigenvalue weighted by atomic mass is 10.1. The molecular weight excluding hydrogens is 648 g/mol. The summed E-state index contributed by atoms with van der Waals surface area (Å²) in [5.41, 5.74) is -2.47. The molecule has 1 amide bonds. The number of rotatable bonds is 12. The summed E-state index contributed by atoms with van der Waals surface area (Å²) in [5.74, 6) is 0.258. The Bertz CT molecular complexity index is 1670. The smallest absolute Gasteiger partial charge is 0.407 e. The molecule has 15 nitrogen and oxygen atoms in total. The first-order chi connectivity index (χ1) is 22.3. The fraction of sp³-hybridized carbons (Fsp3) is 0.484. The van der Waals surface area contributed by atoms with Gasteiger partial charge in [0.2, 0.25) is 11.7 Å². The number of carbonyl (C=O) groups excluding carboxylic acids is 1. The number of halogens is 1. The highest BCUT2D eigenvalue weighted by atomic mass is 31.2. The van der Waals surface area contributed by atoms with E-state index < -0.39 is 36.3 Å². The van der Waals surface area contributed by atoms with Crippen molar-refractivity contribution in [3.8, 4) is 23.0 Å². The van der Waals surface area contributed by atoms with Gasteiger partial charge in [-0.15, -0.1) is 0 Å². The standard InChI is InChI=1S/C31H43FN7O8P/c1-29(2,3)46-48(41,47-30(4,5)6)34-17-39-26-20(45-31(7,8)27(39)40)12-13-23(37-26)36-25-19(32)16-33-28(38-25)35-18-14-21(42-9)24(44-11)22(15-18)43-10/h12-16H,17H2,1-11H3,(H,34,41)(H2,33,35,36,37,38). The zero-order valence-corrected chi connectivity index (χ0v) is 29.9. The van der Waals surface area contributed by atoms with E-state index in [0.717, 1.165) is 6.20 Å². The summed E-state index contributed by atoms with van der Waals surface area (Å²) in [6, 6.07) is 6.41.